The number of carbonyl (C=O) groups is 1. The summed E-state index contributed by atoms with van der Waals surface area (Å²) in [5, 5.41) is 6.94. The van der Waals surface area contributed by atoms with Crippen LogP contribution >= 0.6 is 11.8 Å². The highest BCUT2D eigenvalue weighted by Gasteiger charge is 2.28. The maximum absolute atomic E-state index is 12.1. The monoisotopic (exact) mass is 328 g/mol. The summed E-state index contributed by atoms with van der Waals surface area (Å²) in [6.45, 7) is 14.2. The van der Waals surface area contributed by atoms with E-state index in [0.717, 1.165) is 31.3 Å². The molecule has 128 valence electrons. The topological polar surface area (TPSA) is 56.7 Å². The van der Waals surface area contributed by atoms with Crippen LogP contribution < -0.4 is 10.6 Å². The first-order valence-electron chi connectivity index (χ1n) is 8.37. The number of carbonyl (C=O) groups excluding carboxylic acids is 1. The lowest BCUT2D eigenvalue weighted by molar-refractivity contribution is -0.128. The Balaban J connectivity index is 2.74. The third-order valence-electron chi connectivity index (χ3n) is 3.80. The zero-order valence-electron chi connectivity index (χ0n) is 14.7. The Morgan fingerprint density at radius 3 is 2.55 bits per heavy atom. The molecule has 1 heterocycles. The summed E-state index contributed by atoms with van der Waals surface area (Å²) < 4.78 is 0. The van der Waals surface area contributed by atoms with E-state index in [0.29, 0.717) is 18.3 Å². The molecule has 1 aliphatic heterocycles. The molecule has 1 fully saturated rings. The summed E-state index contributed by atoms with van der Waals surface area (Å²) in [6.07, 6.45) is 1.19. The molecular formula is C16H32N4OS. The van der Waals surface area contributed by atoms with Crippen molar-refractivity contribution in [3.05, 3.63) is 0 Å². The normalized spacial score (nSPS) is 20.0. The second-order valence-electron chi connectivity index (χ2n) is 6.26. The maximum Gasteiger partial charge on any atom is 0.227 e. The number of amides is 1. The van der Waals surface area contributed by atoms with Crippen LogP contribution in [0.3, 0.4) is 0 Å². The summed E-state index contributed by atoms with van der Waals surface area (Å²) in [5.41, 5.74) is -0.481. The second-order valence-corrected chi connectivity index (χ2v) is 7.67. The van der Waals surface area contributed by atoms with E-state index in [1.165, 1.54) is 6.42 Å². The van der Waals surface area contributed by atoms with Gasteiger partial charge in [0.1, 0.15) is 0 Å². The van der Waals surface area contributed by atoms with Crippen molar-refractivity contribution in [2.75, 3.05) is 38.5 Å². The largest absolute Gasteiger partial charge is 0.357 e. The lowest BCUT2D eigenvalue weighted by atomic mass is 9.92. The van der Waals surface area contributed by atoms with Crippen LogP contribution in [0.1, 0.15) is 41.0 Å². The molecule has 5 nitrogen and oxygen atoms in total. The van der Waals surface area contributed by atoms with E-state index < -0.39 is 5.41 Å². The van der Waals surface area contributed by atoms with Crippen LogP contribution in [0.25, 0.3) is 0 Å². The minimum Gasteiger partial charge on any atom is -0.357 e. The van der Waals surface area contributed by atoms with Crippen molar-refractivity contribution >= 4 is 23.6 Å². The number of aliphatic imine (C=N–C) groups is 1. The third-order valence-corrected chi connectivity index (χ3v) is 5.18. The Labute approximate surface area is 139 Å². The number of rotatable bonds is 6. The van der Waals surface area contributed by atoms with Gasteiger partial charge in [-0.15, -0.1) is 0 Å². The first-order chi connectivity index (χ1) is 10.4. The third kappa shape index (κ3) is 5.71. The number of guanidine groups is 1. The molecule has 0 aliphatic carbocycles. The van der Waals surface area contributed by atoms with Gasteiger partial charge < -0.3 is 15.5 Å². The molecule has 1 saturated heterocycles. The van der Waals surface area contributed by atoms with E-state index in [4.69, 9.17) is 4.99 Å². The van der Waals surface area contributed by atoms with Gasteiger partial charge in [0, 0.05) is 37.2 Å². The molecule has 22 heavy (non-hydrogen) atoms. The Morgan fingerprint density at radius 2 is 1.95 bits per heavy atom. The van der Waals surface area contributed by atoms with E-state index in [1.54, 1.807) is 0 Å². The molecule has 2 N–H and O–H groups in total. The van der Waals surface area contributed by atoms with Gasteiger partial charge in [0.2, 0.25) is 5.91 Å². The molecule has 1 rings (SSSR count). The average molecular weight is 329 g/mol. The SMILES string of the molecule is CCNC(=O)C(C)(C)CN=C(NCC)N1CCSC(CC)C1. The first-order valence-corrected chi connectivity index (χ1v) is 9.42. The van der Waals surface area contributed by atoms with Crippen molar-refractivity contribution in [3.8, 4) is 0 Å². The molecule has 1 aliphatic rings. The Kier molecular flexibility index (Phi) is 8.07. The molecule has 1 unspecified atom stereocenters. The van der Waals surface area contributed by atoms with Gasteiger partial charge in [-0.1, -0.05) is 6.92 Å². The molecule has 0 bridgehead atoms. The molecule has 0 aromatic heterocycles. The fourth-order valence-corrected chi connectivity index (χ4v) is 3.51. The van der Waals surface area contributed by atoms with E-state index >= 15 is 0 Å². The average Bonchev–Trinajstić information content (AvgIpc) is 2.51. The molecule has 0 spiro atoms. The molecule has 6 heteroatoms. The lowest BCUT2D eigenvalue weighted by Gasteiger charge is -2.34. The summed E-state index contributed by atoms with van der Waals surface area (Å²) >= 11 is 2.05. The van der Waals surface area contributed by atoms with Gasteiger partial charge in [-0.25, -0.2) is 0 Å². The zero-order chi connectivity index (χ0) is 16.6. The summed E-state index contributed by atoms with van der Waals surface area (Å²) in [5.74, 6) is 2.15. The lowest BCUT2D eigenvalue weighted by Crippen LogP contribution is -2.48. The number of hydrogen-bond donors (Lipinski definition) is 2. The molecule has 1 atom stereocenters. The summed E-state index contributed by atoms with van der Waals surface area (Å²) in [7, 11) is 0. The van der Waals surface area contributed by atoms with E-state index in [9.17, 15) is 4.79 Å². The quantitative estimate of drug-likeness (QED) is 0.578. The van der Waals surface area contributed by atoms with Crippen LogP contribution in [0.15, 0.2) is 4.99 Å². The van der Waals surface area contributed by atoms with Crippen LogP contribution in [0.2, 0.25) is 0 Å². The molecule has 0 aromatic carbocycles. The Hall–Kier alpha value is -0.910. The molecule has 0 radical (unpaired) electrons. The first kappa shape index (κ1) is 19.1. The van der Waals surface area contributed by atoms with Crippen LogP contribution in [-0.4, -0.2) is 60.5 Å². The number of thioether (sulfide) groups is 1. The maximum atomic E-state index is 12.1. The van der Waals surface area contributed by atoms with Gasteiger partial charge in [0.25, 0.3) is 0 Å². The van der Waals surface area contributed by atoms with Crippen LogP contribution in [0, 0.1) is 5.41 Å². The van der Waals surface area contributed by atoms with E-state index in [1.807, 2.05) is 32.5 Å². The molecule has 1 amide bonds. The smallest absolute Gasteiger partial charge is 0.227 e. The molecule has 0 aromatic rings. The van der Waals surface area contributed by atoms with Crippen molar-refractivity contribution < 1.29 is 4.79 Å². The van der Waals surface area contributed by atoms with Gasteiger partial charge in [-0.05, 0) is 34.1 Å². The number of nitrogens with one attached hydrogen (secondary N) is 2. The van der Waals surface area contributed by atoms with Crippen molar-refractivity contribution in [1.29, 1.82) is 0 Å². The van der Waals surface area contributed by atoms with Gasteiger partial charge in [0.15, 0.2) is 5.96 Å². The summed E-state index contributed by atoms with van der Waals surface area (Å²) in [4.78, 5) is 19.2. The zero-order valence-corrected chi connectivity index (χ0v) is 15.6. The van der Waals surface area contributed by atoms with E-state index in [-0.39, 0.29) is 5.91 Å². The highest BCUT2D eigenvalue weighted by molar-refractivity contribution is 8.00. The minimum absolute atomic E-state index is 0.0650. The highest BCUT2D eigenvalue weighted by atomic mass is 32.2. The van der Waals surface area contributed by atoms with Crippen LogP contribution in [-0.2, 0) is 4.79 Å². The fraction of sp³-hybridized carbons (Fsp3) is 0.875. The number of hydrogen-bond acceptors (Lipinski definition) is 3. The van der Waals surface area contributed by atoms with Crippen molar-refractivity contribution in [3.63, 3.8) is 0 Å². The van der Waals surface area contributed by atoms with Gasteiger partial charge in [-0.2, -0.15) is 11.8 Å². The minimum atomic E-state index is -0.481. The van der Waals surface area contributed by atoms with Crippen LogP contribution in [0.4, 0.5) is 0 Å². The predicted molar refractivity (Wildman–Crippen MR) is 96.6 cm³/mol. The standard InChI is InChI=1S/C16H32N4OS/c1-6-13-11-20(9-10-22-13)15(18-8-3)19-12-16(4,5)14(21)17-7-2/h13H,6-12H2,1-5H3,(H,17,21)(H,18,19). The molecular weight excluding hydrogens is 296 g/mol. The summed E-state index contributed by atoms with van der Waals surface area (Å²) in [6, 6.07) is 0. The molecule has 0 saturated carbocycles. The fourth-order valence-electron chi connectivity index (χ4n) is 2.33. The van der Waals surface area contributed by atoms with Crippen molar-refractivity contribution in [2.24, 2.45) is 10.4 Å². The Bertz CT molecular complexity index is 384. The second kappa shape index (κ2) is 9.28. The predicted octanol–water partition coefficient (Wildman–Crippen LogP) is 1.94. The van der Waals surface area contributed by atoms with Gasteiger partial charge >= 0.3 is 0 Å². The van der Waals surface area contributed by atoms with Gasteiger partial charge in [0.05, 0.1) is 12.0 Å². The van der Waals surface area contributed by atoms with Crippen molar-refractivity contribution in [2.45, 2.75) is 46.3 Å². The van der Waals surface area contributed by atoms with Crippen molar-refractivity contribution in [1.82, 2.24) is 15.5 Å². The highest BCUT2D eigenvalue weighted by Crippen LogP contribution is 2.21. The van der Waals surface area contributed by atoms with E-state index in [2.05, 4.69) is 29.4 Å². The number of nitrogens with zero attached hydrogens (tertiary/aromatic N) is 2. The Morgan fingerprint density at radius 1 is 1.27 bits per heavy atom. The van der Waals surface area contributed by atoms with Gasteiger partial charge in [-0.3, -0.25) is 9.79 Å². The van der Waals surface area contributed by atoms with Crippen LogP contribution in [0.5, 0.6) is 0 Å².